The van der Waals surface area contributed by atoms with Crippen molar-refractivity contribution in [3.8, 4) is 0 Å². The Balaban J connectivity index is 1.70. The van der Waals surface area contributed by atoms with Gasteiger partial charge in [-0.15, -0.1) is 0 Å². The number of benzene rings is 1. The maximum Gasteiger partial charge on any atom is 0.126 e. The van der Waals surface area contributed by atoms with E-state index in [4.69, 9.17) is 16.6 Å². The molecule has 3 rings (SSSR count). The highest BCUT2D eigenvalue weighted by atomic mass is 35.5. The first-order valence-corrected chi connectivity index (χ1v) is 8.19. The van der Waals surface area contributed by atoms with E-state index in [1.54, 1.807) is 0 Å². The molecule has 0 aliphatic heterocycles. The number of pyridine rings is 1. The molecular formula is C18H21ClN4. The van der Waals surface area contributed by atoms with Crippen LogP contribution in [0.1, 0.15) is 29.9 Å². The predicted octanol–water partition coefficient (Wildman–Crippen LogP) is 3.82. The third-order valence-corrected chi connectivity index (χ3v) is 4.48. The van der Waals surface area contributed by atoms with Crippen LogP contribution in [0.25, 0.3) is 11.0 Å². The minimum atomic E-state index is 0.174. The Bertz CT molecular complexity index is 825. The summed E-state index contributed by atoms with van der Waals surface area (Å²) in [5.41, 5.74) is 4.60. The lowest BCUT2D eigenvalue weighted by atomic mass is 10.1. The quantitative estimate of drug-likeness (QED) is 0.774. The van der Waals surface area contributed by atoms with Crippen molar-refractivity contribution >= 4 is 22.6 Å². The van der Waals surface area contributed by atoms with E-state index in [1.165, 1.54) is 11.1 Å². The smallest absolute Gasteiger partial charge is 0.126 e. The van der Waals surface area contributed by atoms with Crippen LogP contribution in [-0.2, 0) is 13.5 Å². The van der Waals surface area contributed by atoms with Gasteiger partial charge >= 0.3 is 0 Å². The van der Waals surface area contributed by atoms with E-state index in [-0.39, 0.29) is 6.04 Å². The molecule has 5 heteroatoms. The van der Waals surface area contributed by atoms with Crippen LogP contribution >= 0.6 is 11.6 Å². The average molecular weight is 329 g/mol. The zero-order valence-electron chi connectivity index (χ0n) is 13.7. The van der Waals surface area contributed by atoms with Crippen molar-refractivity contribution < 1.29 is 0 Å². The normalized spacial score (nSPS) is 12.7. The van der Waals surface area contributed by atoms with Crippen LogP contribution < -0.4 is 5.32 Å². The van der Waals surface area contributed by atoms with E-state index in [9.17, 15) is 0 Å². The van der Waals surface area contributed by atoms with Crippen LogP contribution in [0.5, 0.6) is 0 Å². The van der Waals surface area contributed by atoms with Crippen LogP contribution in [0.4, 0.5) is 0 Å². The van der Waals surface area contributed by atoms with Gasteiger partial charge in [-0.2, -0.15) is 0 Å². The summed E-state index contributed by atoms with van der Waals surface area (Å²) in [4.78, 5) is 8.86. The van der Waals surface area contributed by atoms with Crippen LogP contribution in [0.2, 0.25) is 5.02 Å². The number of hydrogen-bond acceptors (Lipinski definition) is 3. The number of hydrogen-bond donors (Lipinski definition) is 1. The molecule has 2 heterocycles. The molecule has 0 bridgehead atoms. The molecule has 0 aliphatic carbocycles. The van der Waals surface area contributed by atoms with E-state index < -0.39 is 0 Å². The zero-order valence-corrected chi connectivity index (χ0v) is 14.4. The average Bonchev–Trinajstić information content (AvgIpc) is 2.86. The third kappa shape index (κ3) is 3.38. The zero-order chi connectivity index (χ0) is 16.4. The van der Waals surface area contributed by atoms with Gasteiger partial charge in [-0.1, -0.05) is 11.6 Å². The molecule has 4 nitrogen and oxygen atoms in total. The third-order valence-electron chi connectivity index (χ3n) is 4.25. The molecule has 1 atom stereocenters. The summed E-state index contributed by atoms with van der Waals surface area (Å²) in [5, 5.41) is 4.29. The molecule has 0 aliphatic rings. The molecule has 3 aromatic rings. The first-order valence-electron chi connectivity index (χ1n) is 7.81. The molecule has 1 aromatic carbocycles. The van der Waals surface area contributed by atoms with E-state index in [0.29, 0.717) is 0 Å². The molecule has 0 saturated heterocycles. The first-order chi connectivity index (χ1) is 11.1. The fourth-order valence-corrected chi connectivity index (χ4v) is 3.03. The lowest BCUT2D eigenvalue weighted by Gasteiger charge is -2.14. The van der Waals surface area contributed by atoms with Gasteiger partial charge in [-0.05, 0) is 62.2 Å². The number of halogens is 1. The van der Waals surface area contributed by atoms with E-state index in [2.05, 4.69) is 34.8 Å². The highest BCUT2D eigenvalue weighted by Gasteiger charge is 2.14. The predicted molar refractivity (Wildman–Crippen MR) is 94.8 cm³/mol. The summed E-state index contributed by atoms with van der Waals surface area (Å²) in [6, 6.07) is 8.06. The van der Waals surface area contributed by atoms with Crippen LogP contribution in [0.15, 0.2) is 36.7 Å². The highest BCUT2D eigenvalue weighted by molar-refractivity contribution is 6.31. The molecule has 0 spiro atoms. The van der Waals surface area contributed by atoms with Crippen molar-refractivity contribution in [3.05, 3.63) is 58.6 Å². The van der Waals surface area contributed by atoms with E-state index >= 15 is 0 Å². The maximum atomic E-state index is 6.08. The molecule has 1 unspecified atom stereocenters. The number of aryl methyl sites for hydroxylation is 2. The summed E-state index contributed by atoms with van der Waals surface area (Å²) in [5.74, 6) is 1.02. The maximum absolute atomic E-state index is 6.08. The number of nitrogens with zero attached hydrogens (tertiary/aromatic N) is 3. The SMILES string of the molecule is Cc1cnccc1CCNC(C)c1nc2ccc(Cl)cc2n1C. The molecule has 0 saturated carbocycles. The summed E-state index contributed by atoms with van der Waals surface area (Å²) >= 11 is 6.08. The van der Waals surface area contributed by atoms with Gasteiger partial charge in [0.25, 0.3) is 0 Å². The van der Waals surface area contributed by atoms with Crippen molar-refractivity contribution in [2.75, 3.05) is 6.54 Å². The van der Waals surface area contributed by atoms with Gasteiger partial charge < -0.3 is 9.88 Å². The Kier molecular flexibility index (Phi) is 4.64. The van der Waals surface area contributed by atoms with Crippen molar-refractivity contribution in [2.45, 2.75) is 26.3 Å². The highest BCUT2D eigenvalue weighted by Crippen LogP contribution is 2.22. The van der Waals surface area contributed by atoms with Gasteiger partial charge in [0.05, 0.1) is 17.1 Å². The Hall–Kier alpha value is -1.91. The second-order valence-electron chi connectivity index (χ2n) is 5.89. The Morgan fingerprint density at radius 1 is 1.30 bits per heavy atom. The number of imidazole rings is 1. The summed E-state index contributed by atoms with van der Waals surface area (Å²) in [7, 11) is 2.03. The van der Waals surface area contributed by atoms with E-state index in [0.717, 1.165) is 34.8 Å². The second-order valence-corrected chi connectivity index (χ2v) is 6.33. The molecule has 120 valence electrons. The van der Waals surface area contributed by atoms with Crippen LogP contribution in [-0.4, -0.2) is 21.1 Å². The molecule has 0 amide bonds. The molecule has 2 aromatic heterocycles. The fraction of sp³-hybridized carbons (Fsp3) is 0.333. The fourth-order valence-electron chi connectivity index (χ4n) is 2.87. The number of fused-ring (bicyclic) bond motifs is 1. The number of rotatable bonds is 5. The Labute approximate surface area is 141 Å². The molecular weight excluding hydrogens is 308 g/mol. The summed E-state index contributed by atoms with van der Waals surface area (Å²) in [6.07, 6.45) is 4.74. The monoisotopic (exact) mass is 328 g/mol. The molecule has 1 N–H and O–H groups in total. The van der Waals surface area contributed by atoms with Crippen LogP contribution in [0.3, 0.4) is 0 Å². The Morgan fingerprint density at radius 2 is 2.13 bits per heavy atom. The van der Waals surface area contributed by atoms with Crippen molar-refractivity contribution in [1.82, 2.24) is 19.9 Å². The molecule has 23 heavy (non-hydrogen) atoms. The summed E-state index contributed by atoms with van der Waals surface area (Å²) < 4.78 is 2.11. The second kappa shape index (κ2) is 6.69. The number of aromatic nitrogens is 3. The molecule has 0 fully saturated rings. The standard InChI is InChI=1S/C18H21ClN4/c1-12-11-20-8-6-14(12)7-9-21-13(2)18-22-16-5-4-15(19)10-17(16)23(18)3/h4-6,8,10-11,13,21H,7,9H2,1-3H3. The lowest BCUT2D eigenvalue weighted by Crippen LogP contribution is -2.24. The molecule has 0 radical (unpaired) electrons. The first kappa shape index (κ1) is 16.0. The van der Waals surface area contributed by atoms with Gasteiger partial charge in [0.1, 0.15) is 5.82 Å². The topological polar surface area (TPSA) is 42.7 Å². The summed E-state index contributed by atoms with van der Waals surface area (Å²) in [6.45, 7) is 5.14. The van der Waals surface area contributed by atoms with Gasteiger partial charge in [-0.25, -0.2) is 4.98 Å². The van der Waals surface area contributed by atoms with Crippen molar-refractivity contribution in [2.24, 2.45) is 7.05 Å². The minimum absolute atomic E-state index is 0.174. The largest absolute Gasteiger partial charge is 0.330 e. The van der Waals surface area contributed by atoms with E-state index in [1.807, 2.05) is 37.6 Å². The van der Waals surface area contributed by atoms with Crippen molar-refractivity contribution in [1.29, 1.82) is 0 Å². The van der Waals surface area contributed by atoms with Crippen LogP contribution in [0, 0.1) is 6.92 Å². The Morgan fingerprint density at radius 3 is 2.91 bits per heavy atom. The van der Waals surface area contributed by atoms with Gasteiger partial charge in [0.15, 0.2) is 0 Å². The van der Waals surface area contributed by atoms with Gasteiger partial charge in [-0.3, -0.25) is 4.98 Å². The number of nitrogens with one attached hydrogen (secondary N) is 1. The van der Waals surface area contributed by atoms with Gasteiger partial charge in [0, 0.05) is 24.5 Å². The van der Waals surface area contributed by atoms with Gasteiger partial charge in [0.2, 0.25) is 0 Å². The lowest BCUT2D eigenvalue weighted by molar-refractivity contribution is 0.536. The minimum Gasteiger partial charge on any atom is -0.330 e. The van der Waals surface area contributed by atoms with Crippen molar-refractivity contribution in [3.63, 3.8) is 0 Å².